The number of para-hydroxylation sites is 2. The first kappa shape index (κ1) is 17.1. The van der Waals surface area contributed by atoms with Crippen LogP contribution >= 0.6 is 0 Å². The minimum absolute atomic E-state index is 0.0720. The van der Waals surface area contributed by atoms with Gasteiger partial charge in [0, 0.05) is 33.0 Å². The topological polar surface area (TPSA) is 43.6 Å². The van der Waals surface area contributed by atoms with E-state index in [0.29, 0.717) is 11.1 Å². The van der Waals surface area contributed by atoms with Crippen molar-refractivity contribution in [2.75, 3.05) is 0 Å². The molecule has 2 aromatic heterocycles. The van der Waals surface area contributed by atoms with Crippen LogP contribution in [-0.4, -0.2) is 19.5 Å². The van der Waals surface area contributed by atoms with Crippen molar-refractivity contribution >= 4 is 21.8 Å². The van der Waals surface area contributed by atoms with E-state index in [9.17, 15) is 11.0 Å². The first-order chi connectivity index (χ1) is 36.0. The highest BCUT2D eigenvalue weighted by Gasteiger charge is 2.23. The molecule has 0 bridgehead atoms. The number of benzene rings is 8. The molecule has 258 valence electrons. The van der Waals surface area contributed by atoms with Crippen LogP contribution in [0.5, 0.6) is 0 Å². The number of aromatic nitrogens is 4. The van der Waals surface area contributed by atoms with Crippen LogP contribution in [0, 0.1) is 0 Å². The van der Waals surface area contributed by atoms with Gasteiger partial charge in [0.2, 0.25) is 0 Å². The van der Waals surface area contributed by atoms with Crippen molar-refractivity contribution in [1.29, 1.82) is 0 Å². The van der Waals surface area contributed by atoms with E-state index in [4.69, 9.17) is 32.8 Å². The van der Waals surface area contributed by atoms with Crippen molar-refractivity contribution in [3.05, 3.63) is 206 Å². The SMILES string of the molecule is [2H]c1c([2H])c([2H])c(-c2c([2H])c([2H])c([2H])c(-c3cccc(-c4nc(-c5ccccc5)nc(-c5ccccc5)n4)c3-n3c4c([2H])c([2H])c([2H])c([2H])c4c4c([2H])c(-c5c([2H])c([2H])c([2H])c([2H])c5[2H])c([2H])c([2H])c43)c2[2H])c([2H])c1[2H]. The third kappa shape index (κ3) is 5.96. The van der Waals surface area contributed by atoms with E-state index in [-0.39, 0.29) is 34.3 Å². The fraction of sp³-hybridized carbons (Fsp3) is 0. The molecule has 0 saturated carbocycles. The zero-order valence-corrected chi connectivity index (χ0v) is 28.3. The van der Waals surface area contributed by atoms with Crippen LogP contribution in [0.3, 0.4) is 0 Å². The number of hydrogen-bond acceptors (Lipinski definition) is 3. The molecule has 4 heteroatoms. The van der Waals surface area contributed by atoms with Gasteiger partial charge in [-0.2, -0.15) is 0 Å². The second-order valence-electron chi connectivity index (χ2n) is 12.0. The third-order valence-corrected chi connectivity index (χ3v) is 8.75. The van der Waals surface area contributed by atoms with Gasteiger partial charge in [0.05, 0.1) is 45.5 Å². The number of hydrogen-bond donors (Lipinski definition) is 0. The number of rotatable bonds is 7. The van der Waals surface area contributed by atoms with Gasteiger partial charge < -0.3 is 4.57 Å². The van der Waals surface area contributed by atoms with Crippen molar-refractivity contribution in [3.63, 3.8) is 0 Å². The molecule has 0 aliphatic carbocycles. The van der Waals surface area contributed by atoms with Crippen LogP contribution in [0.15, 0.2) is 206 Å². The lowest BCUT2D eigenvalue weighted by atomic mass is 9.95. The van der Waals surface area contributed by atoms with Crippen LogP contribution in [0.25, 0.3) is 95.0 Å². The Morgan fingerprint density at radius 3 is 1.55 bits per heavy atom. The summed E-state index contributed by atoms with van der Waals surface area (Å²) in [6.07, 6.45) is 0. The minimum atomic E-state index is -0.870. The molecule has 0 aliphatic rings. The minimum Gasteiger partial charge on any atom is -0.308 e. The predicted molar refractivity (Wildman–Crippen MR) is 227 cm³/mol. The molecule has 0 fully saturated rings. The van der Waals surface area contributed by atoms with Gasteiger partial charge in [-0.15, -0.1) is 0 Å². The van der Waals surface area contributed by atoms with Gasteiger partial charge in [-0.3, -0.25) is 0 Å². The van der Waals surface area contributed by atoms with Gasteiger partial charge in [-0.25, -0.2) is 15.0 Å². The summed E-state index contributed by atoms with van der Waals surface area (Å²) in [6, 6.07) is 4.66. The Balaban J connectivity index is 1.47. The van der Waals surface area contributed by atoms with E-state index in [1.807, 2.05) is 0 Å². The van der Waals surface area contributed by atoms with Crippen molar-refractivity contribution < 1.29 is 28.8 Å². The quantitative estimate of drug-likeness (QED) is 0.164. The molecule has 8 aromatic carbocycles. The van der Waals surface area contributed by atoms with E-state index in [1.54, 1.807) is 60.7 Å². The standard InChI is InChI=1S/C51H34N4/c1-5-17-35(18-6-1)39-25-15-26-41(33-39)42-28-16-29-44(51-53-49(37-21-9-3-10-22-37)52-50(54-51)38-23-11-4-12-24-38)48(42)55-46-30-14-13-27-43(46)45-34-40(31-32-47(45)55)36-19-7-2-8-20-36/h1-34H/i1D,2D,5D,6D,7D,8D,13D,14D,15D,17D,18D,19D,20D,25D,26D,27D,30D,31D,32D,33D,34D. The highest BCUT2D eigenvalue weighted by molar-refractivity contribution is 6.11. The van der Waals surface area contributed by atoms with E-state index in [2.05, 4.69) is 0 Å². The summed E-state index contributed by atoms with van der Waals surface area (Å²) in [5, 5.41) is -0.880. The van der Waals surface area contributed by atoms with E-state index >= 15 is 0 Å². The molecule has 0 unspecified atom stereocenters. The fourth-order valence-corrected chi connectivity index (χ4v) is 6.31. The maximum Gasteiger partial charge on any atom is 0.166 e. The zero-order valence-electron chi connectivity index (χ0n) is 49.3. The molecule has 55 heavy (non-hydrogen) atoms. The Morgan fingerprint density at radius 2 is 0.873 bits per heavy atom. The van der Waals surface area contributed by atoms with Crippen LogP contribution < -0.4 is 0 Å². The van der Waals surface area contributed by atoms with Gasteiger partial charge in [0.25, 0.3) is 0 Å². The molecule has 0 amide bonds. The normalized spacial score (nSPS) is 16.6. The van der Waals surface area contributed by atoms with Gasteiger partial charge >= 0.3 is 0 Å². The smallest absolute Gasteiger partial charge is 0.166 e. The summed E-state index contributed by atoms with van der Waals surface area (Å²) in [4.78, 5) is 14.6. The number of nitrogens with zero attached hydrogens (tertiary/aromatic N) is 4. The summed E-state index contributed by atoms with van der Waals surface area (Å²) in [7, 11) is 0. The summed E-state index contributed by atoms with van der Waals surface area (Å²) in [6.45, 7) is 0. The lowest BCUT2D eigenvalue weighted by Crippen LogP contribution is -2.05. The third-order valence-electron chi connectivity index (χ3n) is 8.75. The Kier molecular flexibility index (Phi) is 4.32. The number of fused-ring (bicyclic) bond motifs is 3. The monoisotopic (exact) mass is 723 g/mol. The van der Waals surface area contributed by atoms with Crippen molar-refractivity contribution in [2.24, 2.45) is 0 Å². The van der Waals surface area contributed by atoms with E-state index < -0.39 is 177 Å². The average Bonchev–Trinajstić information content (AvgIpc) is 3.90. The summed E-state index contributed by atoms with van der Waals surface area (Å²) in [5.41, 5.74) is -3.63. The Labute approximate surface area is 349 Å². The second-order valence-corrected chi connectivity index (χ2v) is 12.0. The highest BCUT2D eigenvalue weighted by Crippen LogP contribution is 2.42. The van der Waals surface area contributed by atoms with Gasteiger partial charge in [0.15, 0.2) is 17.5 Å². The van der Waals surface area contributed by atoms with Crippen LogP contribution in [0.1, 0.15) is 28.8 Å². The highest BCUT2D eigenvalue weighted by atomic mass is 15.1. The summed E-state index contributed by atoms with van der Waals surface area (Å²) in [5.74, 6) is 0.0789. The largest absolute Gasteiger partial charge is 0.308 e. The Bertz CT molecular complexity index is 4070. The molecule has 4 nitrogen and oxygen atoms in total. The second kappa shape index (κ2) is 13.8. The summed E-state index contributed by atoms with van der Waals surface area (Å²) >= 11 is 0. The lowest BCUT2D eigenvalue weighted by Gasteiger charge is -2.19. The van der Waals surface area contributed by atoms with Gasteiger partial charge in [0.1, 0.15) is 0 Å². The van der Waals surface area contributed by atoms with E-state index in [1.165, 1.54) is 18.2 Å². The molecule has 0 aliphatic heterocycles. The lowest BCUT2D eigenvalue weighted by molar-refractivity contribution is 1.06. The van der Waals surface area contributed by atoms with Crippen LogP contribution in [0.2, 0.25) is 0 Å². The molecular weight excluding hydrogens is 669 g/mol. The molecular formula is C51H34N4. The van der Waals surface area contributed by atoms with Gasteiger partial charge in [-0.05, 0) is 58.1 Å². The first-order valence-electron chi connectivity index (χ1n) is 27.3. The van der Waals surface area contributed by atoms with Crippen LogP contribution in [0.4, 0.5) is 0 Å². The average molecular weight is 724 g/mol. The molecule has 10 aromatic rings. The fourth-order valence-electron chi connectivity index (χ4n) is 6.31. The van der Waals surface area contributed by atoms with Crippen molar-refractivity contribution in [2.45, 2.75) is 0 Å². The van der Waals surface area contributed by atoms with E-state index in [0.717, 1.165) is 4.57 Å². The Hall–Kier alpha value is -7.43. The van der Waals surface area contributed by atoms with Crippen molar-refractivity contribution in [1.82, 2.24) is 19.5 Å². The molecule has 0 saturated heterocycles. The summed E-state index contributed by atoms with van der Waals surface area (Å²) < 4.78 is 190. The molecule has 2 heterocycles. The zero-order chi connectivity index (χ0) is 54.8. The molecule has 0 N–H and O–H groups in total. The molecule has 0 spiro atoms. The van der Waals surface area contributed by atoms with Crippen LogP contribution in [-0.2, 0) is 0 Å². The molecule has 0 radical (unpaired) electrons. The molecule has 0 atom stereocenters. The maximum atomic E-state index is 9.86. The predicted octanol–water partition coefficient (Wildman–Crippen LogP) is 13.0. The van der Waals surface area contributed by atoms with Gasteiger partial charge in [-0.1, -0.05) is 176 Å². The molecule has 10 rings (SSSR count). The Morgan fingerprint density at radius 1 is 0.345 bits per heavy atom. The first-order valence-corrected chi connectivity index (χ1v) is 16.8. The van der Waals surface area contributed by atoms with Crippen molar-refractivity contribution in [3.8, 4) is 73.2 Å². The maximum absolute atomic E-state index is 9.86.